The van der Waals surface area contributed by atoms with E-state index in [1.807, 2.05) is 25.1 Å². The van der Waals surface area contributed by atoms with Crippen LogP contribution in [0.15, 0.2) is 54.7 Å². The predicted molar refractivity (Wildman–Crippen MR) is 104 cm³/mol. The molecule has 1 aromatic heterocycles. The van der Waals surface area contributed by atoms with Crippen LogP contribution in [0.5, 0.6) is 0 Å². The number of urea groups is 1. The number of aromatic nitrogens is 1. The van der Waals surface area contributed by atoms with Crippen molar-refractivity contribution in [1.29, 1.82) is 0 Å². The summed E-state index contributed by atoms with van der Waals surface area (Å²) in [7, 11) is 0. The maximum Gasteiger partial charge on any atom is 0.315 e. The molecule has 0 spiro atoms. The van der Waals surface area contributed by atoms with Gasteiger partial charge in [-0.15, -0.1) is 0 Å². The Hall–Kier alpha value is -2.40. The molecule has 138 valence electrons. The van der Waals surface area contributed by atoms with Gasteiger partial charge in [0, 0.05) is 25.8 Å². The maximum absolute atomic E-state index is 12.2. The molecule has 0 radical (unpaired) electrons. The fraction of sp³-hybridized carbons (Fsp3) is 0.429. The maximum atomic E-state index is 12.2. The average Bonchev–Trinajstić information content (AvgIpc) is 2.68. The van der Waals surface area contributed by atoms with Crippen LogP contribution in [0.4, 0.5) is 4.79 Å². The Balaban J connectivity index is 1.41. The summed E-state index contributed by atoms with van der Waals surface area (Å²) in [5, 5.41) is 5.99. The SMILES string of the molecule is CC(NC(=O)NCC1CCCN(Cc2ccccc2)C1)c1ccccn1. The topological polar surface area (TPSA) is 57.3 Å². The van der Waals surface area contributed by atoms with Crippen molar-refractivity contribution in [2.75, 3.05) is 19.6 Å². The van der Waals surface area contributed by atoms with Crippen LogP contribution < -0.4 is 10.6 Å². The van der Waals surface area contributed by atoms with Crippen LogP contribution in [-0.2, 0) is 6.54 Å². The van der Waals surface area contributed by atoms with E-state index in [2.05, 4.69) is 50.8 Å². The number of carbonyl (C=O) groups is 1. The summed E-state index contributed by atoms with van der Waals surface area (Å²) in [5.41, 5.74) is 2.22. The number of amides is 2. The van der Waals surface area contributed by atoms with Gasteiger partial charge >= 0.3 is 6.03 Å². The molecular formula is C21H28N4O. The first kappa shape index (κ1) is 18.4. The average molecular weight is 352 g/mol. The molecule has 2 aromatic rings. The van der Waals surface area contributed by atoms with Crippen molar-refractivity contribution in [3.63, 3.8) is 0 Å². The molecule has 0 saturated carbocycles. The highest BCUT2D eigenvalue weighted by molar-refractivity contribution is 5.74. The van der Waals surface area contributed by atoms with Crippen molar-refractivity contribution >= 4 is 6.03 Å². The fourth-order valence-corrected chi connectivity index (χ4v) is 3.49. The van der Waals surface area contributed by atoms with E-state index in [-0.39, 0.29) is 12.1 Å². The molecule has 2 amide bonds. The predicted octanol–water partition coefficient (Wildman–Crippen LogP) is 3.35. The van der Waals surface area contributed by atoms with Gasteiger partial charge in [0.2, 0.25) is 0 Å². The van der Waals surface area contributed by atoms with Gasteiger partial charge in [0.25, 0.3) is 0 Å². The van der Waals surface area contributed by atoms with Gasteiger partial charge in [0.15, 0.2) is 0 Å². The first-order valence-electron chi connectivity index (χ1n) is 9.42. The van der Waals surface area contributed by atoms with Crippen molar-refractivity contribution in [3.05, 3.63) is 66.0 Å². The normalized spacial score (nSPS) is 18.9. The second kappa shape index (κ2) is 9.34. The minimum atomic E-state index is -0.122. The Morgan fingerprint density at radius 1 is 1.23 bits per heavy atom. The molecule has 1 fully saturated rings. The molecule has 0 bridgehead atoms. The molecule has 5 nitrogen and oxygen atoms in total. The van der Waals surface area contributed by atoms with Gasteiger partial charge in [-0.05, 0) is 49.9 Å². The summed E-state index contributed by atoms with van der Waals surface area (Å²) in [6, 6.07) is 16.1. The van der Waals surface area contributed by atoms with E-state index in [0.29, 0.717) is 12.5 Å². The molecular weight excluding hydrogens is 324 g/mol. The van der Waals surface area contributed by atoms with Crippen LogP contribution in [0.25, 0.3) is 0 Å². The van der Waals surface area contributed by atoms with E-state index in [9.17, 15) is 4.79 Å². The van der Waals surface area contributed by atoms with Crippen molar-refractivity contribution < 1.29 is 4.79 Å². The number of nitrogens with one attached hydrogen (secondary N) is 2. The quantitative estimate of drug-likeness (QED) is 0.838. The zero-order valence-electron chi connectivity index (χ0n) is 15.4. The lowest BCUT2D eigenvalue weighted by atomic mass is 9.97. The zero-order valence-corrected chi connectivity index (χ0v) is 15.4. The van der Waals surface area contributed by atoms with Gasteiger partial charge in [0.05, 0.1) is 11.7 Å². The number of carbonyl (C=O) groups excluding carboxylic acids is 1. The fourth-order valence-electron chi connectivity index (χ4n) is 3.49. The van der Waals surface area contributed by atoms with Gasteiger partial charge in [-0.3, -0.25) is 9.88 Å². The summed E-state index contributed by atoms with van der Waals surface area (Å²) in [6.45, 7) is 5.82. The Morgan fingerprint density at radius 2 is 2.04 bits per heavy atom. The number of rotatable bonds is 6. The Bertz CT molecular complexity index is 677. The molecule has 1 aliphatic heterocycles. The van der Waals surface area contributed by atoms with Gasteiger partial charge in [-0.1, -0.05) is 36.4 Å². The summed E-state index contributed by atoms with van der Waals surface area (Å²) in [5.74, 6) is 0.503. The highest BCUT2D eigenvalue weighted by Gasteiger charge is 2.20. The van der Waals surface area contributed by atoms with E-state index in [0.717, 1.165) is 25.3 Å². The third-order valence-electron chi connectivity index (χ3n) is 4.88. The van der Waals surface area contributed by atoms with E-state index in [4.69, 9.17) is 0 Å². The Labute approximate surface area is 155 Å². The number of hydrogen-bond acceptors (Lipinski definition) is 3. The summed E-state index contributed by atoms with van der Waals surface area (Å²) in [6.07, 6.45) is 4.10. The van der Waals surface area contributed by atoms with Crippen molar-refractivity contribution in [3.8, 4) is 0 Å². The lowest BCUT2D eigenvalue weighted by Gasteiger charge is -2.33. The van der Waals surface area contributed by atoms with Crippen LogP contribution in [0.1, 0.15) is 37.1 Å². The first-order chi connectivity index (χ1) is 12.7. The second-order valence-electron chi connectivity index (χ2n) is 7.06. The van der Waals surface area contributed by atoms with Gasteiger partial charge in [0.1, 0.15) is 0 Å². The van der Waals surface area contributed by atoms with Crippen molar-refractivity contribution in [2.45, 2.75) is 32.4 Å². The zero-order chi connectivity index (χ0) is 18.2. The number of nitrogens with zero attached hydrogens (tertiary/aromatic N) is 2. The Morgan fingerprint density at radius 3 is 2.81 bits per heavy atom. The molecule has 1 aliphatic rings. The molecule has 5 heteroatoms. The highest BCUT2D eigenvalue weighted by atomic mass is 16.2. The number of benzene rings is 1. The largest absolute Gasteiger partial charge is 0.338 e. The summed E-state index contributed by atoms with van der Waals surface area (Å²) in [4.78, 5) is 18.9. The first-order valence-corrected chi connectivity index (χ1v) is 9.42. The molecule has 1 saturated heterocycles. The van der Waals surface area contributed by atoms with Crippen LogP contribution >= 0.6 is 0 Å². The summed E-state index contributed by atoms with van der Waals surface area (Å²) < 4.78 is 0. The minimum Gasteiger partial charge on any atom is -0.338 e. The van der Waals surface area contributed by atoms with Gasteiger partial charge in [-0.2, -0.15) is 0 Å². The van der Waals surface area contributed by atoms with Gasteiger partial charge in [-0.25, -0.2) is 4.79 Å². The molecule has 0 aliphatic carbocycles. The van der Waals surface area contributed by atoms with Crippen LogP contribution in [-0.4, -0.2) is 35.5 Å². The lowest BCUT2D eigenvalue weighted by molar-refractivity contribution is 0.165. The minimum absolute atomic E-state index is 0.0999. The van der Waals surface area contributed by atoms with Crippen molar-refractivity contribution in [1.82, 2.24) is 20.5 Å². The molecule has 26 heavy (non-hydrogen) atoms. The molecule has 3 rings (SSSR count). The number of piperidine rings is 1. The number of pyridine rings is 1. The van der Waals surface area contributed by atoms with Crippen LogP contribution in [0.3, 0.4) is 0 Å². The van der Waals surface area contributed by atoms with Gasteiger partial charge < -0.3 is 10.6 Å². The molecule has 2 heterocycles. The monoisotopic (exact) mass is 352 g/mol. The van der Waals surface area contributed by atoms with E-state index in [1.54, 1.807) is 6.20 Å². The smallest absolute Gasteiger partial charge is 0.315 e. The molecule has 2 unspecified atom stereocenters. The third-order valence-corrected chi connectivity index (χ3v) is 4.88. The van der Waals surface area contributed by atoms with E-state index < -0.39 is 0 Å². The lowest BCUT2D eigenvalue weighted by Crippen LogP contribution is -2.44. The molecule has 2 N–H and O–H groups in total. The van der Waals surface area contributed by atoms with E-state index in [1.165, 1.54) is 18.4 Å². The van der Waals surface area contributed by atoms with Crippen LogP contribution in [0, 0.1) is 5.92 Å². The second-order valence-corrected chi connectivity index (χ2v) is 7.06. The van der Waals surface area contributed by atoms with Crippen LogP contribution in [0.2, 0.25) is 0 Å². The standard InChI is InChI=1S/C21H28N4O/c1-17(20-11-5-6-12-22-20)24-21(26)23-14-19-10-7-13-25(16-19)15-18-8-3-2-4-9-18/h2-6,8-9,11-12,17,19H,7,10,13-16H2,1H3,(H2,23,24,26). The summed E-state index contributed by atoms with van der Waals surface area (Å²) >= 11 is 0. The molecule has 2 atom stereocenters. The number of hydrogen-bond donors (Lipinski definition) is 2. The van der Waals surface area contributed by atoms with E-state index >= 15 is 0 Å². The molecule has 1 aromatic carbocycles. The highest BCUT2D eigenvalue weighted by Crippen LogP contribution is 2.18. The third kappa shape index (κ3) is 5.56. The van der Waals surface area contributed by atoms with Crippen molar-refractivity contribution in [2.24, 2.45) is 5.92 Å². The Kier molecular flexibility index (Phi) is 6.61. The number of likely N-dealkylation sites (tertiary alicyclic amines) is 1.